The third kappa shape index (κ3) is 1.99. The molecule has 5 nitrogen and oxygen atoms in total. The van der Waals surface area contributed by atoms with E-state index in [0.717, 1.165) is 11.1 Å². The van der Waals surface area contributed by atoms with Crippen molar-refractivity contribution in [3.63, 3.8) is 0 Å². The molecule has 0 atom stereocenters. The van der Waals surface area contributed by atoms with E-state index in [2.05, 4.69) is 5.10 Å². The lowest BCUT2D eigenvalue weighted by Crippen LogP contribution is -2.07. The van der Waals surface area contributed by atoms with Crippen molar-refractivity contribution in [2.45, 2.75) is 13.8 Å². The Labute approximate surface area is 98.5 Å². The van der Waals surface area contributed by atoms with E-state index in [-0.39, 0.29) is 5.56 Å². The highest BCUT2D eigenvalue weighted by molar-refractivity contribution is 5.95. The summed E-state index contributed by atoms with van der Waals surface area (Å²) in [6.07, 6.45) is 3.54. The first-order valence-electron chi connectivity index (χ1n) is 5.14. The van der Waals surface area contributed by atoms with Crippen molar-refractivity contribution in [3.05, 3.63) is 41.2 Å². The average Bonchev–Trinajstić information content (AvgIpc) is 2.68. The van der Waals surface area contributed by atoms with Gasteiger partial charge >= 0.3 is 5.97 Å². The molecule has 5 heteroatoms. The lowest BCUT2D eigenvalue weighted by molar-refractivity contribution is 0.0698. The van der Waals surface area contributed by atoms with Gasteiger partial charge in [-0.3, -0.25) is 0 Å². The van der Waals surface area contributed by atoms with Gasteiger partial charge in [-0.2, -0.15) is 5.10 Å². The van der Waals surface area contributed by atoms with Gasteiger partial charge in [-0.05, 0) is 37.1 Å². The van der Waals surface area contributed by atoms with Crippen molar-refractivity contribution in [2.75, 3.05) is 5.73 Å². The van der Waals surface area contributed by atoms with Crippen LogP contribution in [-0.4, -0.2) is 20.9 Å². The van der Waals surface area contributed by atoms with Crippen molar-refractivity contribution in [1.82, 2.24) is 9.78 Å². The predicted molar refractivity (Wildman–Crippen MR) is 64.4 cm³/mol. The second kappa shape index (κ2) is 3.93. The summed E-state index contributed by atoms with van der Waals surface area (Å²) < 4.78 is 1.63. The molecule has 2 aromatic rings. The molecule has 0 radical (unpaired) electrons. The smallest absolute Gasteiger partial charge is 0.337 e. The van der Waals surface area contributed by atoms with Gasteiger partial charge in [0, 0.05) is 11.9 Å². The molecule has 0 aliphatic heterocycles. The molecule has 1 aromatic carbocycles. The van der Waals surface area contributed by atoms with Crippen molar-refractivity contribution in [1.29, 1.82) is 0 Å². The van der Waals surface area contributed by atoms with E-state index < -0.39 is 5.97 Å². The number of carboxylic acids is 1. The van der Waals surface area contributed by atoms with Crippen LogP contribution in [0.2, 0.25) is 0 Å². The Kier molecular flexibility index (Phi) is 2.59. The first kappa shape index (κ1) is 11.2. The minimum atomic E-state index is -1.03. The Morgan fingerprint density at radius 3 is 2.65 bits per heavy atom. The molecule has 0 aliphatic carbocycles. The number of hydrogen-bond acceptors (Lipinski definition) is 3. The zero-order valence-electron chi connectivity index (χ0n) is 9.64. The standard InChI is InChI=1S/C12H13N3O2/c1-7-5-14-15(6-7)9-3-8(2)11(13)10(4-9)12(16)17/h3-6H,13H2,1-2H3,(H,16,17). The van der Waals surface area contributed by atoms with Crippen molar-refractivity contribution >= 4 is 11.7 Å². The third-order valence-corrected chi connectivity index (χ3v) is 2.58. The summed E-state index contributed by atoms with van der Waals surface area (Å²) in [6, 6.07) is 3.34. The minimum absolute atomic E-state index is 0.105. The van der Waals surface area contributed by atoms with E-state index in [1.54, 1.807) is 17.8 Å². The molecule has 1 heterocycles. The molecule has 0 bridgehead atoms. The molecule has 88 valence electrons. The molecule has 0 saturated heterocycles. The van der Waals surface area contributed by atoms with Gasteiger partial charge in [0.05, 0.1) is 17.4 Å². The van der Waals surface area contributed by atoms with Crippen LogP contribution in [-0.2, 0) is 0 Å². The van der Waals surface area contributed by atoms with Gasteiger partial charge in [-0.15, -0.1) is 0 Å². The number of nitrogens with two attached hydrogens (primary N) is 1. The first-order valence-corrected chi connectivity index (χ1v) is 5.14. The number of aryl methyl sites for hydroxylation is 2. The average molecular weight is 231 g/mol. The number of aromatic carboxylic acids is 1. The Balaban J connectivity index is 2.60. The van der Waals surface area contributed by atoms with E-state index in [0.29, 0.717) is 11.4 Å². The number of aromatic nitrogens is 2. The second-order valence-electron chi connectivity index (χ2n) is 3.99. The fourth-order valence-electron chi connectivity index (χ4n) is 1.64. The van der Waals surface area contributed by atoms with Crippen LogP contribution in [0.3, 0.4) is 0 Å². The summed E-state index contributed by atoms with van der Waals surface area (Å²) in [4.78, 5) is 11.1. The van der Waals surface area contributed by atoms with E-state index >= 15 is 0 Å². The summed E-state index contributed by atoms with van der Waals surface area (Å²) in [5.74, 6) is -1.03. The fraction of sp³-hybridized carbons (Fsp3) is 0.167. The Bertz CT molecular complexity index is 587. The topological polar surface area (TPSA) is 81.1 Å². The molecular formula is C12H13N3O2. The Morgan fingerprint density at radius 1 is 1.41 bits per heavy atom. The molecule has 2 rings (SSSR count). The lowest BCUT2D eigenvalue weighted by Gasteiger charge is -2.09. The van der Waals surface area contributed by atoms with E-state index in [1.807, 2.05) is 19.2 Å². The van der Waals surface area contributed by atoms with Crippen molar-refractivity contribution in [3.8, 4) is 5.69 Å². The molecular weight excluding hydrogens is 218 g/mol. The van der Waals surface area contributed by atoms with Crippen LogP contribution in [0.25, 0.3) is 5.69 Å². The highest BCUT2D eigenvalue weighted by atomic mass is 16.4. The number of carboxylic acid groups (broad SMARTS) is 1. The maximum Gasteiger partial charge on any atom is 0.337 e. The molecule has 0 unspecified atom stereocenters. The van der Waals surface area contributed by atoms with Crippen LogP contribution in [0.5, 0.6) is 0 Å². The van der Waals surface area contributed by atoms with Crippen LogP contribution in [0.1, 0.15) is 21.5 Å². The van der Waals surface area contributed by atoms with Gasteiger partial charge in [-0.25, -0.2) is 9.48 Å². The number of carbonyl (C=O) groups is 1. The third-order valence-electron chi connectivity index (χ3n) is 2.58. The van der Waals surface area contributed by atoms with Gasteiger partial charge < -0.3 is 10.8 Å². The molecule has 0 aliphatic rings. The molecule has 0 fully saturated rings. The molecule has 0 amide bonds. The Hall–Kier alpha value is -2.30. The maximum absolute atomic E-state index is 11.1. The summed E-state index contributed by atoms with van der Waals surface area (Å²) in [6.45, 7) is 3.70. The zero-order valence-corrected chi connectivity index (χ0v) is 9.64. The molecule has 3 N–H and O–H groups in total. The number of hydrogen-bond donors (Lipinski definition) is 2. The van der Waals surface area contributed by atoms with Gasteiger partial charge in [-0.1, -0.05) is 0 Å². The highest BCUT2D eigenvalue weighted by Crippen LogP contribution is 2.22. The van der Waals surface area contributed by atoms with Crippen molar-refractivity contribution in [2.24, 2.45) is 0 Å². The summed E-state index contributed by atoms with van der Waals surface area (Å²) in [5, 5.41) is 13.2. The van der Waals surface area contributed by atoms with Crippen LogP contribution >= 0.6 is 0 Å². The van der Waals surface area contributed by atoms with Crippen LogP contribution < -0.4 is 5.73 Å². The first-order chi connectivity index (χ1) is 7.99. The largest absolute Gasteiger partial charge is 0.478 e. The van der Waals surface area contributed by atoms with Gasteiger partial charge in [0.2, 0.25) is 0 Å². The van der Waals surface area contributed by atoms with Crippen molar-refractivity contribution < 1.29 is 9.90 Å². The fourth-order valence-corrected chi connectivity index (χ4v) is 1.64. The summed E-state index contributed by atoms with van der Waals surface area (Å²) in [5.41, 5.74) is 8.56. The van der Waals surface area contributed by atoms with Gasteiger partial charge in [0.25, 0.3) is 0 Å². The van der Waals surface area contributed by atoms with Crippen LogP contribution in [0.15, 0.2) is 24.5 Å². The number of nitrogens with zero attached hydrogens (tertiary/aromatic N) is 2. The monoisotopic (exact) mass is 231 g/mol. The Morgan fingerprint density at radius 2 is 2.12 bits per heavy atom. The SMILES string of the molecule is Cc1cnn(-c2cc(C)c(N)c(C(=O)O)c2)c1. The molecule has 17 heavy (non-hydrogen) atoms. The molecule has 0 saturated carbocycles. The molecule has 0 spiro atoms. The zero-order chi connectivity index (χ0) is 12.6. The number of nitrogen functional groups attached to an aromatic ring is 1. The van der Waals surface area contributed by atoms with E-state index in [4.69, 9.17) is 10.8 Å². The van der Waals surface area contributed by atoms with E-state index in [1.165, 1.54) is 6.07 Å². The van der Waals surface area contributed by atoms with Gasteiger partial charge in [0.15, 0.2) is 0 Å². The molecule has 1 aromatic heterocycles. The number of rotatable bonds is 2. The lowest BCUT2D eigenvalue weighted by atomic mass is 10.1. The van der Waals surface area contributed by atoms with Crippen LogP contribution in [0, 0.1) is 13.8 Å². The summed E-state index contributed by atoms with van der Waals surface area (Å²) in [7, 11) is 0. The predicted octanol–water partition coefficient (Wildman–Crippen LogP) is 1.77. The van der Waals surface area contributed by atoms with E-state index in [9.17, 15) is 4.79 Å². The second-order valence-corrected chi connectivity index (χ2v) is 3.99. The highest BCUT2D eigenvalue weighted by Gasteiger charge is 2.12. The minimum Gasteiger partial charge on any atom is -0.478 e. The summed E-state index contributed by atoms with van der Waals surface area (Å²) >= 11 is 0. The number of benzene rings is 1. The maximum atomic E-state index is 11.1. The number of anilines is 1. The van der Waals surface area contributed by atoms with Gasteiger partial charge in [0.1, 0.15) is 0 Å². The van der Waals surface area contributed by atoms with Crippen LogP contribution in [0.4, 0.5) is 5.69 Å². The quantitative estimate of drug-likeness (QED) is 0.772. The normalized spacial score (nSPS) is 10.5.